The molecule has 1 aromatic carbocycles. The van der Waals surface area contributed by atoms with Gasteiger partial charge in [0.25, 0.3) is 5.91 Å². The van der Waals surface area contributed by atoms with E-state index in [-0.39, 0.29) is 12.1 Å². The van der Waals surface area contributed by atoms with Gasteiger partial charge in [-0.3, -0.25) is 4.79 Å². The smallest absolute Gasteiger partial charge is 0.339 e. The highest BCUT2D eigenvalue weighted by molar-refractivity contribution is 5.96. The highest BCUT2D eigenvalue weighted by Crippen LogP contribution is 2.11. The minimum absolute atomic E-state index is 0.280. The van der Waals surface area contributed by atoms with Crippen molar-refractivity contribution in [3.63, 3.8) is 0 Å². The Balaban J connectivity index is 2.73. The van der Waals surface area contributed by atoms with Gasteiger partial charge in [-0.25, -0.2) is 9.18 Å². The highest BCUT2D eigenvalue weighted by atomic mass is 19.1. The van der Waals surface area contributed by atoms with Gasteiger partial charge in [-0.05, 0) is 37.6 Å². The molecule has 1 aromatic rings. The fourth-order valence-electron chi connectivity index (χ4n) is 1.52. The van der Waals surface area contributed by atoms with Crippen molar-refractivity contribution in [2.24, 2.45) is 0 Å². The zero-order chi connectivity index (χ0) is 14.6. The lowest BCUT2D eigenvalue weighted by Crippen LogP contribution is -2.47. The van der Waals surface area contributed by atoms with Crippen LogP contribution < -0.4 is 5.32 Å². The van der Waals surface area contributed by atoms with Gasteiger partial charge in [-0.15, -0.1) is 0 Å². The average molecular weight is 269 g/mol. The molecule has 19 heavy (non-hydrogen) atoms. The Morgan fingerprint density at radius 1 is 1.47 bits per heavy atom. The first kappa shape index (κ1) is 15.1. The molecule has 5 nitrogen and oxygen atoms in total. The Morgan fingerprint density at radius 3 is 2.63 bits per heavy atom. The number of esters is 1. The van der Waals surface area contributed by atoms with Crippen molar-refractivity contribution in [3.8, 4) is 0 Å². The molecule has 1 rings (SSSR count). The largest absolute Gasteiger partial charge is 0.467 e. The molecule has 0 saturated carbocycles. The van der Waals surface area contributed by atoms with E-state index in [4.69, 9.17) is 0 Å². The van der Waals surface area contributed by atoms with Crippen molar-refractivity contribution >= 4 is 11.9 Å². The molecule has 0 radical (unpaired) electrons. The maximum Gasteiger partial charge on any atom is 0.339 e. The Kier molecular flexibility index (Phi) is 4.61. The Labute approximate surface area is 110 Å². The third kappa shape index (κ3) is 3.75. The Morgan fingerprint density at radius 2 is 2.11 bits per heavy atom. The van der Waals surface area contributed by atoms with Crippen LogP contribution in [-0.2, 0) is 9.53 Å². The zero-order valence-corrected chi connectivity index (χ0v) is 11.0. The summed E-state index contributed by atoms with van der Waals surface area (Å²) >= 11 is 0. The zero-order valence-electron chi connectivity index (χ0n) is 11.0. The van der Waals surface area contributed by atoms with Gasteiger partial charge in [0.1, 0.15) is 5.82 Å². The van der Waals surface area contributed by atoms with Gasteiger partial charge in [-0.2, -0.15) is 0 Å². The molecule has 0 heterocycles. The lowest BCUT2D eigenvalue weighted by molar-refractivity contribution is -0.159. The standard InChI is InChI=1S/C13H16FNO4/c1-8-6-9(14)4-5-10(8)11(16)15-7-13(2,18)12(17)19-3/h4-6,18H,7H2,1-3H3,(H,15,16)/t13-/m0/s1. The predicted molar refractivity (Wildman–Crippen MR) is 66.1 cm³/mol. The van der Waals surface area contributed by atoms with E-state index in [9.17, 15) is 19.1 Å². The summed E-state index contributed by atoms with van der Waals surface area (Å²) in [5.41, 5.74) is -1.06. The Bertz CT molecular complexity index is 499. The van der Waals surface area contributed by atoms with Crippen LogP contribution in [0.25, 0.3) is 0 Å². The van der Waals surface area contributed by atoms with E-state index in [1.54, 1.807) is 6.92 Å². The van der Waals surface area contributed by atoms with Crippen LogP contribution in [0.4, 0.5) is 4.39 Å². The third-order valence-corrected chi connectivity index (χ3v) is 2.65. The molecule has 0 unspecified atom stereocenters. The molecular weight excluding hydrogens is 253 g/mol. The molecule has 1 amide bonds. The van der Waals surface area contributed by atoms with E-state index in [1.807, 2.05) is 0 Å². The van der Waals surface area contributed by atoms with Crippen LogP contribution >= 0.6 is 0 Å². The predicted octanol–water partition coefficient (Wildman–Crippen LogP) is 0.788. The first-order valence-electron chi connectivity index (χ1n) is 5.63. The van der Waals surface area contributed by atoms with Gasteiger partial charge in [0, 0.05) is 5.56 Å². The molecule has 1 atom stereocenters. The van der Waals surface area contributed by atoms with E-state index < -0.39 is 23.3 Å². The number of halogens is 1. The molecule has 0 bridgehead atoms. The normalized spacial score (nSPS) is 13.5. The van der Waals surface area contributed by atoms with Crippen LogP contribution in [0.1, 0.15) is 22.8 Å². The van der Waals surface area contributed by atoms with Gasteiger partial charge in [-0.1, -0.05) is 0 Å². The summed E-state index contributed by atoms with van der Waals surface area (Å²) in [5.74, 6) is -1.78. The number of benzene rings is 1. The molecule has 2 N–H and O–H groups in total. The maximum absolute atomic E-state index is 12.9. The number of hydrogen-bond donors (Lipinski definition) is 2. The number of carbonyl (C=O) groups excluding carboxylic acids is 2. The molecule has 0 saturated heterocycles. The number of amides is 1. The second-order valence-corrected chi connectivity index (χ2v) is 4.41. The number of aliphatic hydroxyl groups is 1. The van der Waals surface area contributed by atoms with Gasteiger partial charge in [0.2, 0.25) is 0 Å². The van der Waals surface area contributed by atoms with Crippen molar-refractivity contribution in [3.05, 3.63) is 35.1 Å². The molecular formula is C13H16FNO4. The molecule has 0 fully saturated rings. The van der Waals surface area contributed by atoms with Crippen LogP contribution in [-0.4, -0.2) is 36.2 Å². The summed E-state index contributed by atoms with van der Waals surface area (Å²) in [4.78, 5) is 23.1. The van der Waals surface area contributed by atoms with Crippen molar-refractivity contribution in [2.75, 3.05) is 13.7 Å². The number of methoxy groups -OCH3 is 1. The van der Waals surface area contributed by atoms with Gasteiger partial charge < -0.3 is 15.2 Å². The van der Waals surface area contributed by atoms with Gasteiger partial charge in [0.15, 0.2) is 5.60 Å². The van der Waals surface area contributed by atoms with Crippen molar-refractivity contribution < 1.29 is 23.8 Å². The van der Waals surface area contributed by atoms with E-state index >= 15 is 0 Å². The highest BCUT2D eigenvalue weighted by Gasteiger charge is 2.32. The first-order chi connectivity index (χ1) is 8.77. The second-order valence-electron chi connectivity index (χ2n) is 4.41. The van der Waals surface area contributed by atoms with Crippen LogP contribution in [0.3, 0.4) is 0 Å². The van der Waals surface area contributed by atoms with Crippen molar-refractivity contribution in [1.29, 1.82) is 0 Å². The number of carbonyl (C=O) groups is 2. The lowest BCUT2D eigenvalue weighted by Gasteiger charge is -2.20. The number of nitrogens with one attached hydrogen (secondary N) is 1. The minimum atomic E-state index is -1.81. The fraction of sp³-hybridized carbons (Fsp3) is 0.385. The van der Waals surface area contributed by atoms with E-state index in [0.29, 0.717) is 5.56 Å². The molecule has 0 spiro atoms. The SMILES string of the molecule is COC(=O)[C@@](C)(O)CNC(=O)c1ccc(F)cc1C. The average Bonchev–Trinajstić information content (AvgIpc) is 2.35. The lowest BCUT2D eigenvalue weighted by atomic mass is 10.1. The van der Waals surface area contributed by atoms with E-state index in [0.717, 1.165) is 7.11 Å². The minimum Gasteiger partial charge on any atom is -0.467 e. The van der Waals surface area contributed by atoms with Crippen molar-refractivity contribution in [1.82, 2.24) is 5.32 Å². The molecule has 6 heteroatoms. The van der Waals surface area contributed by atoms with Crippen LogP contribution in [0.15, 0.2) is 18.2 Å². The number of ether oxygens (including phenoxy) is 1. The molecule has 0 aromatic heterocycles. The van der Waals surface area contributed by atoms with Gasteiger partial charge >= 0.3 is 5.97 Å². The number of aryl methyl sites for hydroxylation is 1. The topological polar surface area (TPSA) is 75.6 Å². The Hall–Kier alpha value is -1.95. The van der Waals surface area contributed by atoms with E-state index in [2.05, 4.69) is 10.1 Å². The van der Waals surface area contributed by atoms with Crippen LogP contribution in [0, 0.1) is 12.7 Å². The monoisotopic (exact) mass is 269 g/mol. The number of rotatable bonds is 4. The van der Waals surface area contributed by atoms with Crippen molar-refractivity contribution in [2.45, 2.75) is 19.4 Å². The first-order valence-corrected chi connectivity index (χ1v) is 5.63. The number of hydrogen-bond acceptors (Lipinski definition) is 4. The third-order valence-electron chi connectivity index (χ3n) is 2.65. The summed E-state index contributed by atoms with van der Waals surface area (Å²) in [7, 11) is 1.14. The second kappa shape index (κ2) is 5.79. The molecule has 104 valence electrons. The summed E-state index contributed by atoms with van der Waals surface area (Å²) in [5, 5.41) is 12.1. The van der Waals surface area contributed by atoms with Gasteiger partial charge in [0.05, 0.1) is 13.7 Å². The summed E-state index contributed by atoms with van der Waals surface area (Å²) in [6.07, 6.45) is 0. The summed E-state index contributed by atoms with van der Waals surface area (Å²) in [6.45, 7) is 2.53. The molecule has 0 aliphatic heterocycles. The maximum atomic E-state index is 12.9. The summed E-state index contributed by atoms with van der Waals surface area (Å²) in [6, 6.07) is 3.74. The summed E-state index contributed by atoms with van der Waals surface area (Å²) < 4.78 is 17.3. The quantitative estimate of drug-likeness (QED) is 0.792. The fourth-order valence-corrected chi connectivity index (χ4v) is 1.52. The molecule has 0 aliphatic carbocycles. The molecule has 0 aliphatic rings. The van der Waals surface area contributed by atoms with Crippen LogP contribution in [0.2, 0.25) is 0 Å². The van der Waals surface area contributed by atoms with E-state index in [1.165, 1.54) is 25.1 Å². The van der Waals surface area contributed by atoms with Crippen LogP contribution in [0.5, 0.6) is 0 Å².